The molecule has 3 aliphatic rings. The van der Waals surface area contributed by atoms with E-state index in [0.29, 0.717) is 75.3 Å². The highest BCUT2D eigenvalue weighted by Crippen LogP contribution is 2.26. The van der Waals surface area contributed by atoms with E-state index in [9.17, 15) is 63.0 Å². The number of nitrogens with zero attached hydrogens (tertiary/aromatic N) is 2. The SMILES string of the molecule is CC(C)C[C@@H]1NC(=O)[C@H](CCCCN)NC(=O)[C@H](C(C)C)NC(=O)[C@@H]2CCCN2C(=O)[C@@H](Cc2ccc(O)cc2)NC(=O)[C@H](CC(C)C)NC(=O)[C@H](CCCCN)NC(=O)[C@H](C(C)C)NC(=O)[C@H](CCCCN)NC(=O)[C@H](CC(C)C)NC(=O)[C@H]2CCCN2C(=O)[C@@H](Cc2ccc(O)cc2)NC(=O)[C@H](C(C)C)NC(=O)[C@H](CCCCN)NC1=O. The topological polar surface area (TPSA) is 534 Å². The van der Waals surface area contributed by atoms with E-state index in [4.69, 9.17) is 22.9 Å². The second-order valence-electron chi connectivity index (χ2n) is 34.4. The monoisotopic (exact) mass is 1670 g/mol. The summed E-state index contributed by atoms with van der Waals surface area (Å²) in [4.78, 5) is 212. The fourth-order valence-electron chi connectivity index (χ4n) is 15.1. The Morgan fingerprint density at radius 3 is 0.807 bits per heavy atom. The van der Waals surface area contributed by atoms with E-state index in [1.165, 1.54) is 34.1 Å². The molecule has 666 valence electrons. The summed E-state index contributed by atoms with van der Waals surface area (Å²) < 4.78 is 0. The number of unbranched alkanes of at least 4 members (excludes halogenated alkanes) is 4. The summed E-state index contributed by atoms with van der Waals surface area (Å²) in [5.74, 6) is -13.4. The molecule has 14 amide bonds. The van der Waals surface area contributed by atoms with Crippen molar-refractivity contribution in [1.29, 1.82) is 0 Å². The van der Waals surface area contributed by atoms with Gasteiger partial charge in [-0.05, 0) is 219 Å². The van der Waals surface area contributed by atoms with Crippen molar-refractivity contribution < 1.29 is 77.3 Å². The highest BCUT2D eigenvalue weighted by atomic mass is 16.3. The van der Waals surface area contributed by atoms with Crippen molar-refractivity contribution in [2.75, 3.05) is 39.3 Å². The van der Waals surface area contributed by atoms with E-state index in [0.717, 1.165) is 0 Å². The second kappa shape index (κ2) is 50.5. The van der Waals surface area contributed by atoms with Crippen molar-refractivity contribution in [3.8, 4) is 11.5 Å². The molecule has 0 unspecified atom stereocenters. The quantitative estimate of drug-likeness (QED) is 0.0511. The van der Waals surface area contributed by atoms with Crippen LogP contribution in [0.3, 0.4) is 0 Å². The highest BCUT2D eigenvalue weighted by Gasteiger charge is 2.45. The molecule has 3 aliphatic heterocycles. The van der Waals surface area contributed by atoms with Gasteiger partial charge in [0.05, 0.1) is 0 Å². The minimum absolute atomic E-state index is 0.0216. The van der Waals surface area contributed by atoms with Crippen LogP contribution in [-0.2, 0) is 80.0 Å². The average Bonchev–Trinajstić information content (AvgIpc) is 1.74. The maximum atomic E-state index is 15.3. The Balaban J connectivity index is 1.65. The summed E-state index contributed by atoms with van der Waals surface area (Å²) >= 11 is 0. The van der Waals surface area contributed by atoms with E-state index in [1.54, 1.807) is 65.8 Å². The number of hydrogen-bond donors (Lipinski definition) is 18. The van der Waals surface area contributed by atoms with E-state index in [-0.39, 0.29) is 139 Å². The van der Waals surface area contributed by atoms with E-state index in [2.05, 4.69) is 63.8 Å². The van der Waals surface area contributed by atoms with Crippen molar-refractivity contribution >= 4 is 82.7 Å². The molecule has 2 aromatic rings. The predicted molar refractivity (Wildman–Crippen MR) is 451 cm³/mol. The van der Waals surface area contributed by atoms with Gasteiger partial charge in [-0.3, -0.25) is 67.1 Å². The maximum absolute atomic E-state index is 15.3. The van der Waals surface area contributed by atoms with Crippen LogP contribution in [0.4, 0.5) is 0 Å². The molecule has 0 aromatic heterocycles. The lowest BCUT2D eigenvalue weighted by atomic mass is 9.98. The fraction of sp³-hybridized carbons (Fsp3) is 0.694. The van der Waals surface area contributed by atoms with Crippen molar-refractivity contribution in [3.05, 3.63) is 59.7 Å². The minimum Gasteiger partial charge on any atom is -0.508 e. The first-order valence-electron chi connectivity index (χ1n) is 43.0. The molecule has 3 heterocycles. The van der Waals surface area contributed by atoms with E-state index in [1.807, 2.05) is 41.5 Å². The summed E-state index contributed by atoms with van der Waals surface area (Å²) in [7, 11) is 0. The zero-order chi connectivity index (χ0) is 88.3. The first-order valence-corrected chi connectivity index (χ1v) is 43.0. The first-order chi connectivity index (χ1) is 56.4. The molecule has 0 aliphatic carbocycles. The predicted octanol–water partition coefficient (Wildman–Crippen LogP) is 1.32. The maximum Gasteiger partial charge on any atom is 0.246 e. The zero-order valence-corrected chi connectivity index (χ0v) is 72.1. The van der Waals surface area contributed by atoms with Crippen molar-refractivity contribution in [2.24, 2.45) is 58.4 Å². The van der Waals surface area contributed by atoms with Crippen LogP contribution in [0.25, 0.3) is 0 Å². The molecular formula is C85H140N18O16. The molecule has 22 N–H and O–H groups in total. The number of amides is 14. The Kier molecular flexibility index (Phi) is 42.5. The number of hydrogen-bond acceptors (Lipinski definition) is 20. The third-order valence-corrected chi connectivity index (χ3v) is 21.7. The standard InChI is InChI=1S/C85H140N18O16/c1-48(2)43-62-76(110)90-60(25-15-19-39-88)75(109)100-70(52(9)10)83(117)98-66(47-55-31-35-57(105)36-32-55)85(119)102-41-21-27-67(102)79(113)96-64(45-50(5)6)77(111)91-61(26-16-20-40-89)74(108)99-69(51(7)8)81(115)92-58(23-13-17-37-86)73(107)95-63(44-49(3)4)78(112)97-65(46-54-29-33-56(104)34-30-54)84(118)103-42-22-28-68(103)80(114)101-71(53(11)12)82(116)93-59(72(106)94-62)24-14-18-38-87/h29-36,48-53,58-71,104-105H,13-28,37-47,86-89H2,1-12H3,(H,90,110)(H,91,111)(H,92,115)(H,93,116)(H,94,106)(H,95,107)(H,96,113)(H,97,112)(H,98,117)(H,99,108)(H,100,109)(H,101,114)/t58-,59-,60-,61-,62-,63-,64-,65+,66+,67+,68-,69-,70-,71-/m0/s1. The summed E-state index contributed by atoms with van der Waals surface area (Å²) in [6.07, 6.45) is 3.90. The van der Waals surface area contributed by atoms with Crippen LogP contribution < -0.4 is 86.7 Å². The van der Waals surface area contributed by atoms with Gasteiger partial charge in [-0.25, -0.2) is 0 Å². The van der Waals surface area contributed by atoms with E-state index >= 15 is 14.4 Å². The fourth-order valence-corrected chi connectivity index (χ4v) is 15.1. The number of benzene rings is 2. The number of carbonyl (C=O) groups excluding carboxylic acids is 14. The van der Waals surface area contributed by atoms with Crippen LogP contribution in [0.1, 0.15) is 216 Å². The van der Waals surface area contributed by atoms with Gasteiger partial charge in [0.1, 0.15) is 96.1 Å². The molecule has 2 aromatic carbocycles. The molecule has 14 atom stereocenters. The van der Waals surface area contributed by atoms with Gasteiger partial charge in [-0.15, -0.1) is 0 Å². The summed E-state index contributed by atoms with van der Waals surface area (Å²) in [6, 6.07) is -6.54. The number of rotatable bonds is 29. The average molecular weight is 1670 g/mol. The Labute approximate surface area is 701 Å². The van der Waals surface area contributed by atoms with Crippen LogP contribution in [0.2, 0.25) is 0 Å². The number of phenolic OH excluding ortho intramolecular Hbond substituents is 2. The van der Waals surface area contributed by atoms with Gasteiger partial charge in [0.25, 0.3) is 0 Å². The summed E-state index contributed by atoms with van der Waals surface area (Å²) in [6.45, 7) is 22.0. The Morgan fingerprint density at radius 2 is 0.529 bits per heavy atom. The van der Waals surface area contributed by atoms with Crippen molar-refractivity contribution in [3.63, 3.8) is 0 Å². The third-order valence-electron chi connectivity index (χ3n) is 21.7. The number of nitrogens with two attached hydrogens (primary N) is 4. The molecule has 34 heteroatoms. The summed E-state index contributed by atoms with van der Waals surface area (Å²) in [5.41, 5.74) is 24.7. The second-order valence-corrected chi connectivity index (χ2v) is 34.4. The van der Waals surface area contributed by atoms with Gasteiger partial charge in [-0.2, -0.15) is 0 Å². The van der Waals surface area contributed by atoms with Crippen LogP contribution in [0, 0.1) is 35.5 Å². The lowest BCUT2D eigenvalue weighted by molar-refractivity contribution is -0.143. The zero-order valence-electron chi connectivity index (χ0n) is 72.1. The number of phenols is 2. The van der Waals surface area contributed by atoms with Crippen molar-refractivity contribution in [2.45, 2.75) is 303 Å². The molecule has 0 bridgehead atoms. The van der Waals surface area contributed by atoms with E-state index < -0.39 is 185 Å². The van der Waals surface area contributed by atoms with Crippen LogP contribution in [0.5, 0.6) is 11.5 Å². The Morgan fingerprint density at radius 1 is 0.303 bits per heavy atom. The molecule has 34 nitrogen and oxygen atoms in total. The highest BCUT2D eigenvalue weighted by molar-refractivity contribution is 6.01. The smallest absolute Gasteiger partial charge is 0.246 e. The van der Waals surface area contributed by atoms with Gasteiger partial charge < -0.3 is 107 Å². The largest absolute Gasteiger partial charge is 0.508 e. The third kappa shape index (κ3) is 32.5. The molecule has 0 saturated carbocycles. The molecule has 3 saturated heterocycles. The molecule has 0 radical (unpaired) electrons. The van der Waals surface area contributed by atoms with Gasteiger partial charge in [0.2, 0.25) is 82.7 Å². The number of carbonyl (C=O) groups is 14. The van der Waals surface area contributed by atoms with Crippen LogP contribution in [0.15, 0.2) is 48.5 Å². The Hall–Kier alpha value is -9.54. The summed E-state index contributed by atoms with van der Waals surface area (Å²) in [5, 5.41) is 54.6. The first kappa shape index (κ1) is 100. The number of aromatic hydroxyl groups is 2. The molecular weight excluding hydrogens is 1530 g/mol. The molecule has 3 fully saturated rings. The Bertz CT molecular complexity index is 3660. The number of fused-ring (bicyclic) bond motifs is 2. The van der Waals surface area contributed by atoms with Gasteiger partial charge >= 0.3 is 0 Å². The van der Waals surface area contributed by atoms with Crippen molar-refractivity contribution in [1.82, 2.24) is 73.6 Å². The molecule has 5 rings (SSSR count). The molecule has 0 spiro atoms. The van der Waals surface area contributed by atoms with Gasteiger partial charge in [0, 0.05) is 25.9 Å². The van der Waals surface area contributed by atoms with Crippen LogP contribution in [-0.4, -0.2) is 227 Å². The van der Waals surface area contributed by atoms with Gasteiger partial charge in [-0.1, -0.05) is 107 Å². The lowest BCUT2D eigenvalue weighted by Gasteiger charge is -2.32. The van der Waals surface area contributed by atoms with Gasteiger partial charge in [0.15, 0.2) is 0 Å². The normalized spacial score (nSPS) is 25.7. The number of nitrogens with one attached hydrogen (secondary N) is 12. The van der Waals surface area contributed by atoms with Crippen LogP contribution >= 0.6 is 0 Å². The minimum atomic E-state index is -1.40. The molecule has 119 heavy (non-hydrogen) atoms. The lowest BCUT2D eigenvalue weighted by Crippen LogP contribution is -2.62.